The van der Waals surface area contributed by atoms with Crippen LogP contribution < -0.4 is 10.6 Å². The van der Waals surface area contributed by atoms with E-state index in [0.717, 1.165) is 13.1 Å². The van der Waals surface area contributed by atoms with Crippen LogP contribution in [0.1, 0.15) is 25.3 Å². The van der Waals surface area contributed by atoms with Gasteiger partial charge in [0.05, 0.1) is 0 Å². The van der Waals surface area contributed by atoms with Crippen LogP contribution in [0.2, 0.25) is 0 Å². The summed E-state index contributed by atoms with van der Waals surface area (Å²) in [4.78, 5) is 2.51. The Hall–Kier alpha value is -1.02. The van der Waals surface area contributed by atoms with Gasteiger partial charge in [0.2, 0.25) is 0 Å². The summed E-state index contributed by atoms with van der Waals surface area (Å²) in [6.45, 7) is 5.40. The molecule has 1 aromatic carbocycles. The van der Waals surface area contributed by atoms with Crippen LogP contribution in [0.15, 0.2) is 24.3 Å². The molecular weight excluding hydrogens is 196 g/mol. The number of hydrogen-bond acceptors (Lipinski definition) is 2. The summed E-state index contributed by atoms with van der Waals surface area (Å²) in [5.74, 6) is 0.688. The molecule has 1 atom stereocenters. The third kappa shape index (κ3) is 2.38. The highest BCUT2D eigenvalue weighted by molar-refractivity contribution is 5.57. The van der Waals surface area contributed by atoms with E-state index in [1.165, 1.54) is 37.1 Å². The van der Waals surface area contributed by atoms with Gasteiger partial charge in [-0.15, -0.1) is 0 Å². The number of nitrogens with zero attached hydrogens (tertiary/aromatic N) is 1. The van der Waals surface area contributed by atoms with Crippen LogP contribution in [-0.2, 0) is 6.42 Å². The normalized spacial score (nSPS) is 16.2. The maximum absolute atomic E-state index is 5.74. The molecule has 1 aromatic rings. The summed E-state index contributed by atoms with van der Waals surface area (Å²) >= 11 is 0. The molecule has 1 aliphatic rings. The first-order valence-electron chi connectivity index (χ1n) is 6.38. The zero-order valence-corrected chi connectivity index (χ0v) is 10.2. The van der Waals surface area contributed by atoms with Crippen molar-refractivity contribution in [1.29, 1.82) is 0 Å². The topological polar surface area (TPSA) is 29.3 Å². The quantitative estimate of drug-likeness (QED) is 0.822. The van der Waals surface area contributed by atoms with Gasteiger partial charge in [-0.05, 0) is 36.9 Å². The van der Waals surface area contributed by atoms with Gasteiger partial charge >= 0.3 is 0 Å². The maximum atomic E-state index is 5.74. The molecule has 0 saturated heterocycles. The van der Waals surface area contributed by atoms with Crippen LogP contribution in [0.3, 0.4) is 0 Å². The average molecular weight is 218 g/mol. The number of fused-ring (bicyclic) bond motifs is 1. The molecule has 88 valence electrons. The lowest BCUT2D eigenvalue weighted by atomic mass is 10.0. The van der Waals surface area contributed by atoms with Crippen LogP contribution in [0.25, 0.3) is 0 Å². The first kappa shape index (κ1) is 11.5. The van der Waals surface area contributed by atoms with Crippen molar-refractivity contribution in [2.75, 3.05) is 24.5 Å². The number of benzene rings is 1. The first-order valence-corrected chi connectivity index (χ1v) is 6.38. The van der Waals surface area contributed by atoms with Gasteiger partial charge in [0.1, 0.15) is 0 Å². The minimum absolute atomic E-state index is 0.688. The monoisotopic (exact) mass is 218 g/mol. The van der Waals surface area contributed by atoms with Gasteiger partial charge in [-0.1, -0.05) is 31.5 Å². The summed E-state index contributed by atoms with van der Waals surface area (Å²) in [5.41, 5.74) is 8.69. The molecule has 0 spiro atoms. The maximum Gasteiger partial charge on any atom is 0.0399 e. The minimum atomic E-state index is 0.688. The highest BCUT2D eigenvalue weighted by Gasteiger charge is 2.18. The minimum Gasteiger partial charge on any atom is -0.371 e. The lowest BCUT2D eigenvalue weighted by Gasteiger charge is -2.22. The third-order valence-corrected chi connectivity index (χ3v) is 3.70. The molecule has 1 unspecified atom stereocenters. The van der Waals surface area contributed by atoms with E-state index in [1.54, 1.807) is 0 Å². The van der Waals surface area contributed by atoms with E-state index in [-0.39, 0.29) is 0 Å². The van der Waals surface area contributed by atoms with E-state index in [4.69, 9.17) is 5.73 Å². The molecule has 2 N–H and O–H groups in total. The van der Waals surface area contributed by atoms with E-state index >= 15 is 0 Å². The molecule has 1 heterocycles. The Bertz CT molecular complexity index is 331. The summed E-state index contributed by atoms with van der Waals surface area (Å²) in [6, 6.07) is 8.76. The summed E-state index contributed by atoms with van der Waals surface area (Å²) in [7, 11) is 0. The van der Waals surface area contributed by atoms with Crippen LogP contribution >= 0.6 is 0 Å². The van der Waals surface area contributed by atoms with Gasteiger partial charge in [0.25, 0.3) is 0 Å². The van der Waals surface area contributed by atoms with Crippen LogP contribution in [0, 0.1) is 5.92 Å². The Morgan fingerprint density at radius 1 is 1.38 bits per heavy atom. The Morgan fingerprint density at radius 2 is 2.19 bits per heavy atom. The molecular formula is C14H22N2. The molecule has 2 rings (SSSR count). The lowest BCUT2D eigenvalue weighted by Crippen LogP contribution is -2.25. The standard InChI is InChI=1S/C14H22N2/c1-2-12(11-15)7-9-16-10-8-13-5-3-4-6-14(13)16/h3-6,12H,2,7-11,15H2,1H3. The Labute approximate surface area is 98.4 Å². The molecule has 1 aliphatic heterocycles. The predicted octanol–water partition coefficient (Wildman–Crippen LogP) is 2.42. The van der Waals surface area contributed by atoms with Crippen molar-refractivity contribution in [3.05, 3.63) is 29.8 Å². The zero-order chi connectivity index (χ0) is 11.4. The fraction of sp³-hybridized carbons (Fsp3) is 0.571. The van der Waals surface area contributed by atoms with Gasteiger partial charge in [-0.2, -0.15) is 0 Å². The highest BCUT2D eigenvalue weighted by atomic mass is 15.1. The Morgan fingerprint density at radius 3 is 2.94 bits per heavy atom. The Kier molecular flexibility index (Phi) is 3.83. The van der Waals surface area contributed by atoms with Gasteiger partial charge in [0.15, 0.2) is 0 Å². The van der Waals surface area contributed by atoms with Crippen molar-refractivity contribution in [3.8, 4) is 0 Å². The third-order valence-electron chi connectivity index (χ3n) is 3.70. The van der Waals surface area contributed by atoms with Gasteiger partial charge in [-0.25, -0.2) is 0 Å². The van der Waals surface area contributed by atoms with E-state index in [1.807, 2.05) is 0 Å². The first-order chi connectivity index (χ1) is 7.85. The molecule has 2 nitrogen and oxygen atoms in total. The molecule has 0 aromatic heterocycles. The molecule has 0 radical (unpaired) electrons. The van der Waals surface area contributed by atoms with E-state index in [2.05, 4.69) is 36.1 Å². The van der Waals surface area contributed by atoms with Crippen molar-refractivity contribution in [1.82, 2.24) is 0 Å². The van der Waals surface area contributed by atoms with Crippen molar-refractivity contribution < 1.29 is 0 Å². The zero-order valence-electron chi connectivity index (χ0n) is 10.2. The average Bonchev–Trinajstić information content (AvgIpc) is 2.74. The molecule has 16 heavy (non-hydrogen) atoms. The summed E-state index contributed by atoms with van der Waals surface area (Å²) < 4.78 is 0. The van der Waals surface area contributed by atoms with Crippen molar-refractivity contribution in [3.63, 3.8) is 0 Å². The number of anilines is 1. The molecule has 2 heteroatoms. The van der Waals surface area contributed by atoms with E-state index in [9.17, 15) is 0 Å². The van der Waals surface area contributed by atoms with Crippen molar-refractivity contribution in [2.45, 2.75) is 26.2 Å². The van der Waals surface area contributed by atoms with Gasteiger partial charge < -0.3 is 10.6 Å². The fourth-order valence-electron chi connectivity index (χ4n) is 2.47. The molecule has 0 bridgehead atoms. The molecule has 0 fully saturated rings. The van der Waals surface area contributed by atoms with Crippen molar-refractivity contribution in [2.24, 2.45) is 11.7 Å². The second-order valence-corrected chi connectivity index (χ2v) is 4.66. The second kappa shape index (κ2) is 5.35. The Balaban J connectivity index is 1.93. The number of hydrogen-bond donors (Lipinski definition) is 1. The number of nitrogens with two attached hydrogens (primary N) is 1. The SMILES string of the molecule is CCC(CN)CCN1CCc2ccccc21. The molecule has 0 saturated carbocycles. The fourth-order valence-corrected chi connectivity index (χ4v) is 2.47. The molecule has 0 amide bonds. The second-order valence-electron chi connectivity index (χ2n) is 4.66. The summed E-state index contributed by atoms with van der Waals surface area (Å²) in [6.07, 6.45) is 3.63. The van der Waals surface area contributed by atoms with Crippen LogP contribution in [0.4, 0.5) is 5.69 Å². The largest absolute Gasteiger partial charge is 0.371 e. The van der Waals surface area contributed by atoms with Crippen LogP contribution in [0.5, 0.6) is 0 Å². The van der Waals surface area contributed by atoms with E-state index in [0.29, 0.717) is 5.92 Å². The number of para-hydroxylation sites is 1. The summed E-state index contributed by atoms with van der Waals surface area (Å²) in [5, 5.41) is 0. The van der Waals surface area contributed by atoms with Gasteiger partial charge in [-0.3, -0.25) is 0 Å². The van der Waals surface area contributed by atoms with Crippen molar-refractivity contribution >= 4 is 5.69 Å². The smallest absolute Gasteiger partial charge is 0.0399 e. The number of rotatable bonds is 5. The van der Waals surface area contributed by atoms with Gasteiger partial charge in [0, 0.05) is 18.8 Å². The predicted molar refractivity (Wildman–Crippen MR) is 69.8 cm³/mol. The van der Waals surface area contributed by atoms with Crippen LogP contribution in [-0.4, -0.2) is 19.6 Å². The highest BCUT2D eigenvalue weighted by Crippen LogP contribution is 2.27. The van der Waals surface area contributed by atoms with E-state index < -0.39 is 0 Å². The lowest BCUT2D eigenvalue weighted by molar-refractivity contribution is 0.480. The molecule has 0 aliphatic carbocycles.